The van der Waals surface area contributed by atoms with Crippen LogP contribution in [0, 0.1) is 0 Å². The van der Waals surface area contributed by atoms with Crippen molar-refractivity contribution in [2.24, 2.45) is 0 Å². The van der Waals surface area contributed by atoms with E-state index in [-0.39, 0.29) is 23.4 Å². The van der Waals surface area contributed by atoms with Crippen LogP contribution in [0.15, 0.2) is 122 Å². The lowest BCUT2D eigenvalue weighted by atomic mass is 9.80. The number of carbonyl (C=O) groups is 2. The normalized spacial score (nSPS) is 20.1. The molecule has 1 amide bonds. The summed E-state index contributed by atoms with van der Waals surface area (Å²) in [7, 11) is 1.64. The number of ether oxygens (including phenoxy) is 5. The highest BCUT2D eigenvalue weighted by atomic mass is 32.2. The maximum atomic E-state index is 13.4. The Hall–Kier alpha value is -5.44. The molecule has 8 rings (SSSR count). The number of amides is 1. The number of rotatable bonds is 12. The number of hydrogen-bond acceptors (Lipinski definition) is 11. The van der Waals surface area contributed by atoms with E-state index in [2.05, 4.69) is 10.3 Å². The summed E-state index contributed by atoms with van der Waals surface area (Å²) in [5.74, 6) is 0.466. The zero-order chi connectivity index (χ0) is 38.9. The van der Waals surface area contributed by atoms with Gasteiger partial charge in [-0.3, -0.25) is 14.2 Å². The number of anilines is 1. The molecular formula is C43H41N5O7S. The Morgan fingerprint density at radius 1 is 0.839 bits per heavy atom. The molecule has 13 heteroatoms. The first kappa shape index (κ1) is 37.5. The van der Waals surface area contributed by atoms with Gasteiger partial charge in [-0.25, -0.2) is 15.0 Å². The van der Waals surface area contributed by atoms with Gasteiger partial charge in [0.1, 0.15) is 42.3 Å². The lowest BCUT2D eigenvalue weighted by Crippen LogP contribution is -2.34. The van der Waals surface area contributed by atoms with Gasteiger partial charge in [0, 0.05) is 18.2 Å². The molecule has 0 bridgehead atoms. The third-order valence-electron chi connectivity index (χ3n) is 9.92. The number of nitrogens with one attached hydrogen (secondary N) is 1. The monoisotopic (exact) mass is 771 g/mol. The van der Waals surface area contributed by atoms with Crippen LogP contribution in [0.25, 0.3) is 11.2 Å². The molecule has 4 aromatic carbocycles. The summed E-state index contributed by atoms with van der Waals surface area (Å²) in [5.41, 5.74) is 2.72. The molecule has 2 aliphatic heterocycles. The van der Waals surface area contributed by atoms with Crippen LogP contribution in [0.3, 0.4) is 0 Å². The fourth-order valence-electron chi connectivity index (χ4n) is 7.48. The van der Waals surface area contributed by atoms with E-state index in [1.54, 1.807) is 31.4 Å². The summed E-state index contributed by atoms with van der Waals surface area (Å²) < 4.78 is 34.3. The number of hydrogen-bond donors (Lipinski definition) is 1. The van der Waals surface area contributed by atoms with E-state index in [0.717, 1.165) is 16.7 Å². The Bertz CT molecular complexity index is 2280. The molecule has 0 unspecified atom stereocenters. The van der Waals surface area contributed by atoms with Gasteiger partial charge in [0.2, 0.25) is 0 Å². The van der Waals surface area contributed by atoms with E-state index >= 15 is 0 Å². The van der Waals surface area contributed by atoms with Crippen LogP contribution in [0.4, 0.5) is 5.82 Å². The molecule has 2 fully saturated rings. The average Bonchev–Trinajstić information content (AvgIpc) is 3.86. The summed E-state index contributed by atoms with van der Waals surface area (Å²) in [4.78, 5) is 39.8. The van der Waals surface area contributed by atoms with Gasteiger partial charge in [-0.1, -0.05) is 103 Å². The minimum Gasteiger partial charge on any atom is -0.497 e. The maximum absolute atomic E-state index is 13.4. The largest absolute Gasteiger partial charge is 0.497 e. The van der Waals surface area contributed by atoms with E-state index in [1.807, 2.05) is 109 Å². The van der Waals surface area contributed by atoms with Gasteiger partial charge in [0.25, 0.3) is 5.91 Å². The molecule has 6 aromatic rings. The molecule has 286 valence electrons. The predicted octanol–water partition coefficient (Wildman–Crippen LogP) is 7.29. The molecule has 0 radical (unpaired) electrons. The molecule has 0 spiro atoms. The topological polar surface area (TPSA) is 136 Å². The highest BCUT2D eigenvalue weighted by molar-refractivity contribution is 8.13. The predicted molar refractivity (Wildman–Crippen MR) is 211 cm³/mol. The summed E-state index contributed by atoms with van der Waals surface area (Å²) >= 11 is 1.17. The van der Waals surface area contributed by atoms with Crippen LogP contribution in [-0.2, 0) is 35.9 Å². The Morgan fingerprint density at radius 3 is 2.07 bits per heavy atom. The second kappa shape index (κ2) is 15.6. The van der Waals surface area contributed by atoms with E-state index < -0.39 is 35.9 Å². The Labute approximate surface area is 328 Å². The minimum atomic E-state index is -1.12. The Balaban J connectivity index is 1.28. The molecule has 12 nitrogen and oxygen atoms in total. The van der Waals surface area contributed by atoms with Crippen molar-refractivity contribution in [1.29, 1.82) is 0 Å². The van der Waals surface area contributed by atoms with Gasteiger partial charge < -0.3 is 29.0 Å². The van der Waals surface area contributed by atoms with E-state index in [4.69, 9.17) is 33.7 Å². The molecule has 0 aliphatic carbocycles. The quantitative estimate of drug-likeness (QED) is 0.126. The Kier molecular flexibility index (Phi) is 10.4. The molecule has 4 heterocycles. The number of nitrogens with zero attached hydrogens (tertiary/aromatic N) is 4. The zero-order valence-electron chi connectivity index (χ0n) is 31.3. The van der Waals surface area contributed by atoms with Gasteiger partial charge >= 0.3 is 0 Å². The van der Waals surface area contributed by atoms with Crippen LogP contribution < -0.4 is 10.1 Å². The van der Waals surface area contributed by atoms with Crippen molar-refractivity contribution in [1.82, 2.24) is 19.5 Å². The second-order valence-electron chi connectivity index (χ2n) is 14.0. The van der Waals surface area contributed by atoms with Gasteiger partial charge in [-0.2, -0.15) is 0 Å². The molecule has 0 saturated carbocycles. The Morgan fingerprint density at radius 2 is 1.45 bits per heavy atom. The fraction of sp³-hybridized carbons (Fsp3) is 0.279. The lowest BCUT2D eigenvalue weighted by Gasteiger charge is -2.36. The molecule has 56 heavy (non-hydrogen) atoms. The average molecular weight is 772 g/mol. The zero-order valence-corrected chi connectivity index (χ0v) is 32.1. The number of aromatic nitrogens is 4. The summed E-state index contributed by atoms with van der Waals surface area (Å²) in [5, 5.41) is 2.91. The number of imidazole rings is 1. The number of carbonyl (C=O) groups excluding carboxylic acids is 2. The second-order valence-corrected chi connectivity index (χ2v) is 15.2. The highest BCUT2D eigenvalue weighted by Gasteiger charge is 2.56. The number of benzene rings is 4. The summed E-state index contributed by atoms with van der Waals surface area (Å²) in [6, 6.07) is 36.7. The van der Waals surface area contributed by atoms with Crippen molar-refractivity contribution in [3.8, 4) is 5.75 Å². The SMILES string of the molecule is COc1ccc(C(OCc2nc3c(NC(=O)c4ccccc4)ncnc3n2[C@@H]2O[C@H](CSC(C)=O)[C@H]3OC(C)(C)O[C@H]32)(c2ccccc2)c2ccccc2)cc1. The standard InChI is InChI=1S/C43H41N5O7S/c1-27(49)56-25-33-36-37(55-42(2,3)54-36)41(53-33)48-34(46-35-38(44-26-45-39(35)48)47-40(50)28-14-8-5-9-15-28)24-52-43(29-16-10-6-11-17-29,30-18-12-7-13-19-30)31-20-22-32(51-4)23-21-31/h5-23,26,33,36-37,41H,24-25H2,1-4H3,(H,44,45,47,50)/t33-,36-,37-,41-/m1/s1. The third-order valence-corrected chi connectivity index (χ3v) is 10.8. The van der Waals surface area contributed by atoms with Crippen molar-refractivity contribution in [2.75, 3.05) is 18.2 Å². The third kappa shape index (κ3) is 7.19. The van der Waals surface area contributed by atoms with Gasteiger partial charge in [0.15, 0.2) is 34.1 Å². The van der Waals surface area contributed by atoms with Crippen molar-refractivity contribution in [3.05, 3.63) is 150 Å². The van der Waals surface area contributed by atoms with Gasteiger partial charge in [-0.15, -0.1) is 0 Å². The van der Waals surface area contributed by atoms with Crippen LogP contribution in [0.1, 0.15) is 59.9 Å². The smallest absolute Gasteiger partial charge is 0.256 e. The first-order valence-corrected chi connectivity index (χ1v) is 19.3. The summed E-state index contributed by atoms with van der Waals surface area (Å²) in [6.07, 6.45) is -0.977. The van der Waals surface area contributed by atoms with Crippen LogP contribution in [0.2, 0.25) is 0 Å². The van der Waals surface area contributed by atoms with Gasteiger partial charge in [-0.05, 0) is 54.8 Å². The van der Waals surface area contributed by atoms with E-state index in [1.165, 1.54) is 25.0 Å². The minimum absolute atomic E-state index is 0.0304. The van der Waals surface area contributed by atoms with Crippen molar-refractivity contribution in [3.63, 3.8) is 0 Å². The van der Waals surface area contributed by atoms with E-state index in [9.17, 15) is 9.59 Å². The first-order chi connectivity index (χ1) is 27.2. The molecule has 4 atom stereocenters. The molecule has 2 aromatic heterocycles. The van der Waals surface area contributed by atoms with Crippen LogP contribution >= 0.6 is 11.8 Å². The first-order valence-electron chi connectivity index (χ1n) is 18.3. The van der Waals surface area contributed by atoms with Crippen LogP contribution in [-0.4, -0.2) is 67.5 Å². The van der Waals surface area contributed by atoms with Crippen molar-refractivity contribution >= 4 is 39.8 Å². The van der Waals surface area contributed by atoms with Crippen LogP contribution in [0.5, 0.6) is 5.75 Å². The maximum Gasteiger partial charge on any atom is 0.256 e. The number of fused-ring (bicyclic) bond motifs is 2. The van der Waals surface area contributed by atoms with Crippen molar-refractivity contribution < 1.29 is 33.3 Å². The molecular weight excluding hydrogens is 731 g/mol. The summed E-state index contributed by atoms with van der Waals surface area (Å²) in [6.45, 7) is 5.19. The van der Waals surface area contributed by atoms with Gasteiger partial charge in [0.05, 0.1) is 13.2 Å². The lowest BCUT2D eigenvalue weighted by molar-refractivity contribution is -0.194. The van der Waals surface area contributed by atoms with E-state index in [0.29, 0.717) is 34.1 Å². The molecule has 2 aliphatic rings. The molecule has 2 saturated heterocycles. The molecule has 1 N–H and O–H groups in total. The number of thioether (sulfide) groups is 1. The number of methoxy groups -OCH3 is 1. The van der Waals surface area contributed by atoms with Crippen molar-refractivity contribution in [2.45, 2.75) is 63.3 Å². The fourth-order valence-corrected chi connectivity index (χ4v) is 8.15. The highest BCUT2D eigenvalue weighted by Crippen LogP contribution is 2.46.